The fourth-order valence-electron chi connectivity index (χ4n) is 0.453. The van der Waals surface area contributed by atoms with E-state index in [1.165, 1.54) is 0 Å². The van der Waals surface area contributed by atoms with Gasteiger partial charge in [0.05, 0.1) is 0 Å². The molecule has 12 heavy (non-hydrogen) atoms. The Labute approximate surface area is 75.0 Å². The van der Waals surface area contributed by atoms with Crippen molar-refractivity contribution in [2.75, 3.05) is 26.4 Å². The predicted molar refractivity (Wildman–Crippen MR) is 55.1 cm³/mol. The number of anilines is 1. The third-order valence-corrected chi connectivity index (χ3v) is 1.43. The minimum atomic E-state index is 0.822. The van der Waals surface area contributed by atoms with E-state index in [4.69, 9.17) is 5.73 Å². The molecule has 0 aliphatic heterocycles. The van der Waals surface area contributed by atoms with Gasteiger partial charge in [0.15, 0.2) is 0 Å². The van der Waals surface area contributed by atoms with Crippen LogP contribution < -0.4 is 5.73 Å². The lowest BCUT2D eigenvalue weighted by Gasteiger charge is -2.00. The second-order valence-electron chi connectivity index (χ2n) is 2.81. The van der Waals surface area contributed by atoms with Gasteiger partial charge in [-0.25, -0.2) is 0 Å². The molecule has 0 unspecified atom stereocenters. The van der Waals surface area contributed by atoms with Crippen molar-refractivity contribution in [1.82, 2.24) is 4.90 Å². The average molecular weight is 166 g/mol. The molecule has 2 N–H and O–H groups in total. The van der Waals surface area contributed by atoms with Crippen molar-refractivity contribution in [3.05, 3.63) is 30.3 Å². The highest BCUT2D eigenvalue weighted by atomic mass is 15.0. The molecule has 0 atom stereocenters. The van der Waals surface area contributed by atoms with Crippen molar-refractivity contribution < 1.29 is 0 Å². The molecule has 1 aromatic rings. The Morgan fingerprint density at radius 1 is 1.17 bits per heavy atom. The van der Waals surface area contributed by atoms with Crippen LogP contribution in [0, 0.1) is 0 Å². The van der Waals surface area contributed by atoms with Gasteiger partial charge in [-0.2, -0.15) is 0 Å². The van der Waals surface area contributed by atoms with Gasteiger partial charge in [0.25, 0.3) is 0 Å². The Kier molecular flexibility index (Phi) is 6.11. The molecule has 1 rings (SSSR count). The molecule has 0 radical (unpaired) electrons. The molecule has 0 fully saturated rings. The Morgan fingerprint density at radius 2 is 1.58 bits per heavy atom. The zero-order valence-electron chi connectivity index (χ0n) is 8.12. The maximum absolute atomic E-state index is 5.36. The quantitative estimate of drug-likeness (QED) is 0.645. The van der Waals surface area contributed by atoms with Crippen LogP contribution in [0.4, 0.5) is 5.69 Å². The highest BCUT2D eigenvalue weighted by Crippen LogP contribution is 1.95. The molecule has 0 heterocycles. The highest BCUT2D eigenvalue weighted by Gasteiger charge is 1.72. The topological polar surface area (TPSA) is 29.3 Å². The first-order chi connectivity index (χ1) is 5.66. The normalized spacial score (nSPS) is 9.00. The molecule has 0 amide bonds. The minimum absolute atomic E-state index is 0.822. The van der Waals surface area contributed by atoms with E-state index < -0.39 is 0 Å². The maximum Gasteiger partial charge on any atom is 0.0313 e. The number of benzene rings is 1. The summed E-state index contributed by atoms with van der Waals surface area (Å²) in [5, 5.41) is 0. The summed E-state index contributed by atoms with van der Waals surface area (Å²) < 4.78 is 0. The van der Waals surface area contributed by atoms with Crippen LogP contribution >= 0.6 is 0 Å². The molecule has 0 aromatic heterocycles. The molecule has 0 spiro atoms. The van der Waals surface area contributed by atoms with E-state index in [1.807, 2.05) is 30.3 Å². The third kappa shape index (κ3) is 7.09. The summed E-state index contributed by atoms with van der Waals surface area (Å²) in [7, 11) is 4.11. The maximum atomic E-state index is 5.36. The number of hydrogen-bond donors (Lipinski definition) is 1. The van der Waals surface area contributed by atoms with Crippen molar-refractivity contribution >= 4 is 5.69 Å². The summed E-state index contributed by atoms with van der Waals surface area (Å²) in [6.45, 7) is 3.26. The van der Waals surface area contributed by atoms with Gasteiger partial charge >= 0.3 is 0 Å². The Bertz CT molecular complexity index is 182. The molecule has 2 heteroatoms. The summed E-state index contributed by atoms with van der Waals surface area (Å²) >= 11 is 0. The van der Waals surface area contributed by atoms with Crippen molar-refractivity contribution in [2.24, 2.45) is 0 Å². The molecule has 1 aromatic carbocycles. The van der Waals surface area contributed by atoms with E-state index in [1.54, 1.807) is 0 Å². The molecule has 0 bridgehead atoms. The standard InChI is InChI=1S/C6H7N.C4H11N/c7-6-4-2-1-3-5-6;1-4-5(2)3/h1-5H,7H2;4H2,1-3H3. The SMILES string of the molecule is CCN(C)C.Nc1ccccc1. The third-order valence-electron chi connectivity index (χ3n) is 1.43. The second kappa shape index (κ2) is 6.68. The van der Waals surface area contributed by atoms with Gasteiger partial charge in [-0.1, -0.05) is 25.1 Å². The summed E-state index contributed by atoms with van der Waals surface area (Å²) in [5.74, 6) is 0. The largest absolute Gasteiger partial charge is 0.399 e. The van der Waals surface area contributed by atoms with Crippen LogP contribution in [0.2, 0.25) is 0 Å². The summed E-state index contributed by atoms with van der Waals surface area (Å²) in [6.07, 6.45) is 0. The van der Waals surface area contributed by atoms with Gasteiger partial charge in [0.2, 0.25) is 0 Å². The molecular weight excluding hydrogens is 148 g/mol. The van der Waals surface area contributed by atoms with E-state index in [2.05, 4.69) is 25.9 Å². The van der Waals surface area contributed by atoms with E-state index in [0.717, 1.165) is 12.2 Å². The van der Waals surface area contributed by atoms with Crippen LogP contribution in [-0.2, 0) is 0 Å². The molecule has 0 saturated heterocycles. The highest BCUT2D eigenvalue weighted by molar-refractivity contribution is 5.35. The van der Waals surface area contributed by atoms with E-state index >= 15 is 0 Å². The molecule has 68 valence electrons. The number of hydrogen-bond acceptors (Lipinski definition) is 2. The zero-order chi connectivity index (χ0) is 9.40. The minimum Gasteiger partial charge on any atom is -0.399 e. The number of rotatable bonds is 1. The number of nitrogen functional groups attached to an aromatic ring is 1. The summed E-state index contributed by atoms with van der Waals surface area (Å²) in [5.41, 5.74) is 6.18. The zero-order valence-corrected chi connectivity index (χ0v) is 8.12. The van der Waals surface area contributed by atoms with Gasteiger partial charge in [-0.15, -0.1) is 0 Å². The molecule has 0 aliphatic carbocycles. The van der Waals surface area contributed by atoms with Crippen LogP contribution in [0.15, 0.2) is 30.3 Å². The van der Waals surface area contributed by atoms with Gasteiger partial charge in [0.1, 0.15) is 0 Å². The van der Waals surface area contributed by atoms with Crippen molar-refractivity contribution in [2.45, 2.75) is 6.92 Å². The summed E-state index contributed by atoms with van der Waals surface area (Å²) in [4.78, 5) is 2.12. The van der Waals surface area contributed by atoms with Crippen LogP contribution in [0.1, 0.15) is 6.92 Å². The lowest BCUT2D eigenvalue weighted by atomic mass is 10.3. The molecule has 2 nitrogen and oxygen atoms in total. The number of nitrogens with zero attached hydrogens (tertiary/aromatic N) is 1. The van der Waals surface area contributed by atoms with Crippen LogP contribution in [0.5, 0.6) is 0 Å². The first kappa shape index (κ1) is 11.0. The van der Waals surface area contributed by atoms with Gasteiger partial charge in [-0.05, 0) is 32.8 Å². The van der Waals surface area contributed by atoms with E-state index in [0.29, 0.717) is 0 Å². The Morgan fingerprint density at radius 3 is 1.75 bits per heavy atom. The lowest BCUT2D eigenvalue weighted by molar-refractivity contribution is 0.434. The van der Waals surface area contributed by atoms with Crippen LogP contribution in [-0.4, -0.2) is 25.5 Å². The summed E-state index contributed by atoms with van der Waals surface area (Å²) in [6, 6.07) is 9.49. The van der Waals surface area contributed by atoms with E-state index in [9.17, 15) is 0 Å². The predicted octanol–water partition coefficient (Wildman–Crippen LogP) is 1.84. The Hall–Kier alpha value is -1.02. The van der Waals surface area contributed by atoms with Crippen LogP contribution in [0.25, 0.3) is 0 Å². The Balaban J connectivity index is 0.000000217. The first-order valence-corrected chi connectivity index (χ1v) is 4.12. The van der Waals surface area contributed by atoms with Crippen LogP contribution in [0.3, 0.4) is 0 Å². The average Bonchev–Trinajstić information content (AvgIpc) is 2.07. The monoisotopic (exact) mass is 166 g/mol. The van der Waals surface area contributed by atoms with Gasteiger partial charge in [-0.3, -0.25) is 0 Å². The lowest BCUT2D eigenvalue weighted by Crippen LogP contribution is -2.08. The molecule has 0 aliphatic rings. The van der Waals surface area contributed by atoms with Crippen molar-refractivity contribution in [1.29, 1.82) is 0 Å². The van der Waals surface area contributed by atoms with E-state index in [-0.39, 0.29) is 0 Å². The fraction of sp³-hybridized carbons (Fsp3) is 0.400. The molecular formula is C10H18N2. The smallest absolute Gasteiger partial charge is 0.0313 e. The van der Waals surface area contributed by atoms with Crippen molar-refractivity contribution in [3.8, 4) is 0 Å². The van der Waals surface area contributed by atoms with Crippen molar-refractivity contribution in [3.63, 3.8) is 0 Å². The van der Waals surface area contributed by atoms with Gasteiger partial charge < -0.3 is 10.6 Å². The second-order valence-corrected chi connectivity index (χ2v) is 2.81. The molecule has 0 saturated carbocycles. The number of nitrogens with two attached hydrogens (primary N) is 1. The fourth-order valence-corrected chi connectivity index (χ4v) is 0.453. The number of para-hydroxylation sites is 1. The van der Waals surface area contributed by atoms with Gasteiger partial charge in [0, 0.05) is 5.69 Å². The first-order valence-electron chi connectivity index (χ1n) is 4.12.